The number of anilines is 2. The summed E-state index contributed by atoms with van der Waals surface area (Å²) in [4.78, 5) is 26.6. The fraction of sp³-hybridized carbons (Fsp3) is 0.241. The maximum Gasteiger partial charge on any atom is 0.265 e. The van der Waals surface area contributed by atoms with Crippen LogP contribution in [0.5, 0.6) is 23.0 Å². The monoisotopic (exact) mass is 502 g/mol. The first-order chi connectivity index (χ1) is 18.0. The summed E-state index contributed by atoms with van der Waals surface area (Å²) in [5, 5.41) is 2.83. The third-order valence-electron chi connectivity index (χ3n) is 5.69. The molecule has 0 bridgehead atoms. The first kappa shape index (κ1) is 25.6. The van der Waals surface area contributed by atoms with Crippen LogP contribution in [-0.2, 0) is 9.59 Å². The number of carbonyl (C=O) groups is 2. The van der Waals surface area contributed by atoms with Gasteiger partial charge in [-0.3, -0.25) is 9.59 Å². The van der Waals surface area contributed by atoms with E-state index >= 15 is 0 Å². The number of hydrogen-bond acceptors (Lipinski definition) is 6. The van der Waals surface area contributed by atoms with Gasteiger partial charge in [0.05, 0.1) is 25.9 Å². The lowest BCUT2D eigenvalue weighted by molar-refractivity contribution is -0.121. The molecule has 0 spiro atoms. The maximum absolute atomic E-state index is 12.5. The molecule has 1 aliphatic heterocycles. The van der Waals surface area contributed by atoms with Gasteiger partial charge in [-0.2, -0.15) is 0 Å². The van der Waals surface area contributed by atoms with Gasteiger partial charge in [0.15, 0.2) is 18.1 Å². The molecule has 8 nitrogen and oxygen atoms in total. The van der Waals surface area contributed by atoms with Crippen LogP contribution < -0.4 is 29.2 Å². The quantitative estimate of drug-likeness (QED) is 0.399. The second-order valence-corrected chi connectivity index (χ2v) is 8.34. The largest absolute Gasteiger partial charge is 0.493 e. The Morgan fingerprint density at radius 1 is 1.05 bits per heavy atom. The SMILES string of the molecule is CCOc1ccc(/C=C/C(=O)Nc2ccc3c(c2)OCC(=O)N3CCOc2ccc(C)cc2)cc1OC. The summed E-state index contributed by atoms with van der Waals surface area (Å²) in [5.41, 5.74) is 3.15. The molecule has 37 heavy (non-hydrogen) atoms. The van der Waals surface area contributed by atoms with Crippen molar-refractivity contribution in [3.05, 3.63) is 77.9 Å². The van der Waals surface area contributed by atoms with Crippen molar-refractivity contribution < 1.29 is 28.5 Å². The molecule has 4 rings (SSSR count). The van der Waals surface area contributed by atoms with E-state index in [0.717, 1.165) is 16.9 Å². The second kappa shape index (κ2) is 12.0. The van der Waals surface area contributed by atoms with Gasteiger partial charge in [0.1, 0.15) is 18.1 Å². The van der Waals surface area contributed by atoms with Crippen molar-refractivity contribution in [3.8, 4) is 23.0 Å². The maximum atomic E-state index is 12.5. The zero-order valence-electron chi connectivity index (χ0n) is 21.2. The molecule has 3 aromatic rings. The molecule has 192 valence electrons. The van der Waals surface area contributed by atoms with Gasteiger partial charge >= 0.3 is 0 Å². The van der Waals surface area contributed by atoms with Crippen molar-refractivity contribution in [3.63, 3.8) is 0 Å². The molecule has 0 saturated heterocycles. The Labute approximate surface area is 216 Å². The van der Waals surface area contributed by atoms with Gasteiger partial charge in [0.25, 0.3) is 5.91 Å². The highest BCUT2D eigenvalue weighted by Crippen LogP contribution is 2.34. The highest BCUT2D eigenvalue weighted by Gasteiger charge is 2.25. The molecule has 0 saturated carbocycles. The molecule has 3 aromatic carbocycles. The van der Waals surface area contributed by atoms with Gasteiger partial charge in [0, 0.05) is 17.8 Å². The van der Waals surface area contributed by atoms with Crippen molar-refractivity contribution >= 4 is 29.3 Å². The normalized spacial score (nSPS) is 12.6. The van der Waals surface area contributed by atoms with Crippen LogP contribution in [0.2, 0.25) is 0 Å². The Morgan fingerprint density at radius 2 is 1.86 bits per heavy atom. The molecule has 1 aliphatic rings. The first-order valence-corrected chi connectivity index (χ1v) is 12.0. The van der Waals surface area contributed by atoms with Gasteiger partial charge in [0.2, 0.25) is 5.91 Å². The van der Waals surface area contributed by atoms with Crippen LogP contribution >= 0.6 is 0 Å². The molecule has 0 aromatic heterocycles. The standard InChI is InChI=1S/C29H30N2O6/c1-4-35-25-13-7-21(17-27(25)34-3)8-14-28(32)30-22-9-12-24-26(18-22)37-19-29(33)31(24)15-16-36-23-10-5-20(2)6-11-23/h5-14,17-18H,4,15-16,19H2,1-3H3,(H,30,32)/b14-8+. The predicted octanol–water partition coefficient (Wildman–Crippen LogP) is 4.86. The third kappa shape index (κ3) is 6.61. The Morgan fingerprint density at radius 3 is 2.62 bits per heavy atom. The topological polar surface area (TPSA) is 86.3 Å². The van der Waals surface area contributed by atoms with Gasteiger partial charge in [-0.15, -0.1) is 0 Å². The number of rotatable bonds is 10. The summed E-state index contributed by atoms with van der Waals surface area (Å²) in [5.74, 6) is 2.07. The number of nitrogens with zero attached hydrogens (tertiary/aromatic N) is 1. The molecular weight excluding hydrogens is 472 g/mol. The molecular formula is C29H30N2O6. The highest BCUT2D eigenvalue weighted by molar-refractivity contribution is 6.03. The average molecular weight is 503 g/mol. The molecule has 8 heteroatoms. The van der Waals surface area contributed by atoms with E-state index in [1.165, 1.54) is 6.08 Å². The predicted molar refractivity (Wildman–Crippen MR) is 143 cm³/mol. The minimum absolute atomic E-state index is 0.0750. The Kier molecular flexibility index (Phi) is 8.30. The molecule has 0 aliphatic carbocycles. The van der Waals surface area contributed by atoms with E-state index < -0.39 is 0 Å². The van der Waals surface area contributed by atoms with Crippen LogP contribution in [0.15, 0.2) is 66.7 Å². The number of amides is 2. The minimum atomic E-state index is -0.303. The van der Waals surface area contributed by atoms with Crippen LogP contribution in [0.3, 0.4) is 0 Å². The van der Waals surface area contributed by atoms with Crippen LogP contribution in [0.25, 0.3) is 6.08 Å². The van der Waals surface area contributed by atoms with Gasteiger partial charge in [-0.05, 0) is 61.9 Å². The van der Waals surface area contributed by atoms with Crippen molar-refractivity contribution in [1.82, 2.24) is 0 Å². The van der Waals surface area contributed by atoms with Crippen molar-refractivity contribution in [1.29, 1.82) is 0 Å². The van der Waals surface area contributed by atoms with E-state index in [2.05, 4.69) is 5.32 Å². The third-order valence-corrected chi connectivity index (χ3v) is 5.69. The number of aryl methyl sites for hydroxylation is 1. The number of hydrogen-bond donors (Lipinski definition) is 1. The van der Waals surface area contributed by atoms with Gasteiger partial charge in [-0.25, -0.2) is 0 Å². The number of nitrogens with one attached hydrogen (secondary N) is 1. The fourth-order valence-corrected chi connectivity index (χ4v) is 3.84. The van der Waals surface area contributed by atoms with E-state index in [1.807, 2.05) is 44.2 Å². The van der Waals surface area contributed by atoms with Crippen LogP contribution in [0.4, 0.5) is 11.4 Å². The molecule has 2 amide bonds. The average Bonchev–Trinajstić information content (AvgIpc) is 2.90. The molecule has 0 radical (unpaired) electrons. The first-order valence-electron chi connectivity index (χ1n) is 12.0. The fourth-order valence-electron chi connectivity index (χ4n) is 3.84. The van der Waals surface area contributed by atoms with Crippen LogP contribution in [0.1, 0.15) is 18.1 Å². The van der Waals surface area contributed by atoms with Crippen molar-refractivity contribution in [2.24, 2.45) is 0 Å². The lowest BCUT2D eigenvalue weighted by Crippen LogP contribution is -2.41. The molecule has 1 N–H and O–H groups in total. The molecule has 1 heterocycles. The number of methoxy groups -OCH3 is 1. The summed E-state index contributed by atoms with van der Waals surface area (Å²) in [6.07, 6.45) is 3.13. The summed E-state index contributed by atoms with van der Waals surface area (Å²) in [6, 6.07) is 18.4. The Balaban J connectivity index is 1.38. The van der Waals surface area contributed by atoms with E-state index in [9.17, 15) is 9.59 Å². The second-order valence-electron chi connectivity index (χ2n) is 8.34. The van der Waals surface area contributed by atoms with Crippen LogP contribution in [-0.4, -0.2) is 45.3 Å². The summed E-state index contributed by atoms with van der Waals surface area (Å²) in [6.45, 7) is 5.09. The van der Waals surface area contributed by atoms with Crippen molar-refractivity contribution in [2.75, 3.05) is 43.7 Å². The van der Waals surface area contributed by atoms with Crippen LogP contribution in [0, 0.1) is 6.92 Å². The van der Waals surface area contributed by atoms with Crippen molar-refractivity contribution in [2.45, 2.75) is 13.8 Å². The zero-order valence-corrected chi connectivity index (χ0v) is 21.2. The highest BCUT2D eigenvalue weighted by atomic mass is 16.5. The number of fused-ring (bicyclic) bond motifs is 1. The van der Waals surface area contributed by atoms with E-state index in [0.29, 0.717) is 48.4 Å². The lowest BCUT2D eigenvalue weighted by Gasteiger charge is -2.29. The Hall–Kier alpha value is -4.46. The number of ether oxygens (including phenoxy) is 4. The van der Waals surface area contributed by atoms with E-state index in [1.54, 1.807) is 48.4 Å². The lowest BCUT2D eigenvalue weighted by atomic mass is 10.2. The number of carbonyl (C=O) groups excluding carboxylic acids is 2. The smallest absolute Gasteiger partial charge is 0.265 e. The van der Waals surface area contributed by atoms with E-state index in [4.69, 9.17) is 18.9 Å². The Bertz CT molecular complexity index is 1290. The molecule has 0 atom stereocenters. The van der Waals surface area contributed by atoms with Gasteiger partial charge < -0.3 is 29.2 Å². The number of benzene rings is 3. The van der Waals surface area contributed by atoms with E-state index in [-0.39, 0.29) is 18.4 Å². The molecule has 0 unspecified atom stereocenters. The zero-order chi connectivity index (χ0) is 26.2. The summed E-state index contributed by atoms with van der Waals surface area (Å²) >= 11 is 0. The molecule has 0 fully saturated rings. The summed E-state index contributed by atoms with van der Waals surface area (Å²) in [7, 11) is 1.57. The van der Waals surface area contributed by atoms with Gasteiger partial charge in [-0.1, -0.05) is 23.8 Å². The summed E-state index contributed by atoms with van der Waals surface area (Å²) < 4.78 is 22.3. The minimum Gasteiger partial charge on any atom is -0.493 e.